The lowest BCUT2D eigenvalue weighted by Crippen LogP contribution is -2.43. The Kier molecular flexibility index (Phi) is 4.95. The van der Waals surface area contributed by atoms with E-state index in [0.29, 0.717) is 0 Å². The zero-order valence-corrected chi connectivity index (χ0v) is 12.6. The molecule has 3 N–H and O–H groups in total. The number of sulfonamides is 1. The van der Waals surface area contributed by atoms with Crippen LogP contribution in [0.2, 0.25) is 0 Å². The molecule has 1 saturated heterocycles. The van der Waals surface area contributed by atoms with Gasteiger partial charge in [0.25, 0.3) is 0 Å². The fourth-order valence-corrected chi connectivity index (χ4v) is 3.82. The SMILES string of the molecule is CC(CN1CCCCC1)NS(=O)(=O)c1cnccc1N. The van der Waals surface area contributed by atoms with Gasteiger partial charge in [0.1, 0.15) is 4.90 Å². The van der Waals surface area contributed by atoms with Crippen molar-refractivity contribution in [3.05, 3.63) is 18.5 Å². The van der Waals surface area contributed by atoms with Gasteiger partial charge in [0.05, 0.1) is 5.69 Å². The molecule has 1 atom stereocenters. The van der Waals surface area contributed by atoms with Crippen molar-refractivity contribution in [2.24, 2.45) is 0 Å². The lowest BCUT2D eigenvalue weighted by atomic mass is 10.1. The summed E-state index contributed by atoms with van der Waals surface area (Å²) in [6.45, 7) is 4.68. The summed E-state index contributed by atoms with van der Waals surface area (Å²) in [6, 6.07) is 1.34. The number of hydrogen-bond acceptors (Lipinski definition) is 5. The van der Waals surface area contributed by atoms with E-state index >= 15 is 0 Å². The third kappa shape index (κ3) is 3.91. The van der Waals surface area contributed by atoms with Crippen molar-refractivity contribution in [3.8, 4) is 0 Å². The standard InChI is InChI=1S/C13H22N4O2S/c1-11(10-17-7-3-2-4-8-17)16-20(18,19)13-9-15-6-5-12(13)14/h5-6,9,11,16H,2-4,7-8,10H2,1H3,(H2,14,15). The van der Waals surface area contributed by atoms with E-state index in [1.54, 1.807) is 0 Å². The van der Waals surface area contributed by atoms with Crippen LogP contribution in [0.15, 0.2) is 23.4 Å². The van der Waals surface area contributed by atoms with E-state index in [-0.39, 0.29) is 16.6 Å². The second kappa shape index (κ2) is 6.51. The number of likely N-dealkylation sites (tertiary alicyclic amines) is 1. The molecular formula is C13H22N4O2S. The van der Waals surface area contributed by atoms with Crippen molar-refractivity contribution in [2.75, 3.05) is 25.4 Å². The van der Waals surface area contributed by atoms with Crippen molar-refractivity contribution in [1.29, 1.82) is 0 Å². The van der Waals surface area contributed by atoms with Crippen molar-refractivity contribution >= 4 is 15.7 Å². The van der Waals surface area contributed by atoms with E-state index in [1.165, 1.54) is 37.7 Å². The first-order chi connectivity index (χ1) is 9.49. The van der Waals surface area contributed by atoms with Gasteiger partial charge in [-0.3, -0.25) is 4.98 Å². The fraction of sp³-hybridized carbons (Fsp3) is 0.615. The molecule has 6 nitrogen and oxygen atoms in total. The molecule has 0 saturated carbocycles. The van der Waals surface area contributed by atoms with Crippen LogP contribution in [0.1, 0.15) is 26.2 Å². The first-order valence-corrected chi connectivity index (χ1v) is 8.41. The second-order valence-electron chi connectivity index (χ2n) is 5.30. The van der Waals surface area contributed by atoms with E-state index < -0.39 is 10.0 Å². The molecule has 0 aliphatic carbocycles. The number of piperidine rings is 1. The Labute approximate surface area is 120 Å². The van der Waals surface area contributed by atoms with Gasteiger partial charge >= 0.3 is 0 Å². The summed E-state index contributed by atoms with van der Waals surface area (Å²) in [5, 5.41) is 0. The molecule has 7 heteroatoms. The number of aromatic nitrogens is 1. The van der Waals surface area contributed by atoms with Crippen LogP contribution in [0.3, 0.4) is 0 Å². The van der Waals surface area contributed by atoms with E-state index in [1.807, 2.05) is 6.92 Å². The maximum absolute atomic E-state index is 12.3. The van der Waals surface area contributed by atoms with E-state index in [4.69, 9.17) is 5.73 Å². The Hall–Kier alpha value is -1.18. The molecule has 1 unspecified atom stereocenters. The summed E-state index contributed by atoms with van der Waals surface area (Å²) in [5.41, 5.74) is 5.92. The normalized spacial score (nSPS) is 18.9. The van der Waals surface area contributed by atoms with Gasteiger partial charge < -0.3 is 10.6 Å². The number of anilines is 1. The summed E-state index contributed by atoms with van der Waals surface area (Å²) in [4.78, 5) is 6.17. The monoisotopic (exact) mass is 298 g/mol. The molecule has 0 aromatic carbocycles. The number of hydrogen-bond donors (Lipinski definition) is 2. The van der Waals surface area contributed by atoms with Crippen LogP contribution in [0.5, 0.6) is 0 Å². The third-order valence-corrected chi connectivity index (χ3v) is 5.08. The van der Waals surface area contributed by atoms with Gasteiger partial charge in [-0.05, 0) is 38.9 Å². The highest BCUT2D eigenvalue weighted by atomic mass is 32.2. The molecule has 112 valence electrons. The van der Waals surface area contributed by atoms with Crippen LogP contribution in [0, 0.1) is 0 Å². The zero-order valence-electron chi connectivity index (χ0n) is 11.7. The Bertz CT molecular complexity index is 541. The number of rotatable bonds is 5. The van der Waals surface area contributed by atoms with Crippen molar-refractivity contribution in [2.45, 2.75) is 37.1 Å². The molecule has 1 aliphatic heterocycles. The number of nitrogens with one attached hydrogen (secondary N) is 1. The van der Waals surface area contributed by atoms with Gasteiger partial charge in [-0.1, -0.05) is 6.42 Å². The van der Waals surface area contributed by atoms with Crippen LogP contribution in [0.25, 0.3) is 0 Å². The van der Waals surface area contributed by atoms with Crippen molar-refractivity contribution in [1.82, 2.24) is 14.6 Å². The van der Waals surface area contributed by atoms with Gasteiger partial charge in [-0.15, -0.1) is 0 Å². The number of nitrogens with two attached hydrogens (primary N) is 1. The number of pyridine rings is 1. The molecule has 1 aromatic rings. The Morgan fingerprint density at radius 2 is 2.10 bits per heavy atom. The first-order valence-electron chi connectivity index (χ1n) is 6.93. The predicted octanol–water partition coefficient (Wildman–Crippen LogP) is 0.817. The molecule has 0 radical (unpaired) electrons. The lowest BCUT2D eigenvalue weighted by Gasteiger charge is -2.29. The van der Waals surface area contributed by atoms with E-state index in [2.05, 4.69) is 14.6 Å². The molecule has 1 aliphatic rings. The van der Waals surface area contributed by atoms with Crippen LogP contribution in [-0.4, -0.2) is 44.0 Å². The minimum atomic E-state index is -3.61. The Morgan fingerprint density at radius 1 is 1.40 bits per heavy atom. The van der Waals surface area contributed by atoms with Gasteiger partial charge in [0.15, 0.2) is 0 Å². The van der Waals surface area contributed by atoms with Crippen LogP contribution >= 0.6 is 0 Å². The van der Waals surface area contributed by atoms with Gasteiger partial charge in [-0.25, -0.2) is 13.1 Å². The maximum Gasteiger partial charge on any atom is 0.244 e. The molecule has 20 heavy (non-hydrogen) atoms. The van der Waals surface area contributed by atoms with Crippen LogP contribution in [0.4, 0.5) is 5.69 Å². The van der Waals surface area contributed by atoms with Gasteiger partial charge in [0.2, 0.25) is 10.0 Å². The largest absolute Gasteiger partial charge is 0.398 e. The van der Waals surface area contributed by atoms with E-state index in [9.17, 15) is 8.42 Å². The average Bonchev–Trinajstić information content (AvgIpc) is 2.39. The van der Waals surface area contributed by atoms with Crippen molar-refractivity contribution in [3.63, 3.8) is 0 Å². The highest BCUT2D eigenvalue weighted by molar-refractivity contribution is 7.89. The van der Waals surface area contributed by atoms with Gasteiger partial charge in [-0.2, -0.15) is 0 Å². The minimum absolute atomic E-state index is 0.0468. The third-order valence-electron chi connectivity index (χ3n) is 3.44. The Morgan fingerprint density at radius 3 is 2.75 bits per heavy atom. The summed E-state index contributed by atoms with van der Waals surface area (Å²) in [5.74, 6) is 0. The smallest absolute Gasteiger partial charge is 0.244 e. The van der Waals surface area contributed by atoms with Crippen LogP contribution in [-0.2, 0) is 10.0 Å². The molecular weight excluding hydrogens is 276 g/mol. The molecule has 1 fully saturated rings. The highest BCUT2D eigenvalue weighted by Crippen LogP contribution is 2.16. The average molecular weight is 298 g/mol. The van der Waals surface area contributed by atoms with Gasteiger partial charge in [0, 0.05) is 25.0 Å². The second-order valence-corrected chi connectivity index (χ2v) is 6.98. The number of nitrogen functional groups attached to an aromatic ring is 1. The first kappa shape index (κ1) is 15.2. The summed E-state index contributed by atoms with van der Waals surface area (Å²) in [7, 11) is -3.61. The molecule has 0 spiro atoms. The Balaban J connectivity index is 1.99. The quantitative estimate of drug-likeness (QED) is 0.840. The predicted molar refractivity (Wildman–Crippen MR) is 78.7 cm³/mol. The zero-order chi connectivity index (χ0) is 14.6. The maximum atomic E-state index is 12.3. The fourth-order valence-electron chi connectivity index (χ4n) is 2.51. The molecule has 0 amide bonds. The molecule has 2 heterocycles. The summed E-state index contributed by atoms with van der Waals surface area (Å²) >= 11 is 0. The summed E-state index contributed by atoms with van der Waals surface area (Å²) < 4.78 is 27.2. The van der Waals surface area contributed by atoms with E-state index in [0.717, 1.165) is 19.6 Å². The molecule has 1 aromatic heterocycles. The van der Waals surface area contributed by atoms with Crippen LogP contribution < -0.4 is 10.5 Å². The lowest BCUT2D eigenvalue weighted by molar-refractivity contribution is 0.215. The highest BCUT2D eigenvalue weighted by Gasteiger charge is 2.22. The minimum Gasteiger partial charge on any atom is -0.398 e. The molecule has 2 rings (SSSR count). The number of nitrogens with zero attached hydrogens (tertiary/aromatic N) is 2. The topological polar surface area (TPSA) is 88.3 Å². The summed E-state index contributed by atoms with van der Waals surface area (Å²) in [6.07, 6.45) is 6.41. The molecule has 0 bridgehead atoms. The van der Waals surface area contributed by atoms with Crippen molar-refractivity contribution < 1.29 is 8.42 Å².